The Morgan fingerprint density at radius 3 is 2.10 bits per heavy atom. The first-order chi connectivity index (χ1) is 10.2. The molecule has 0 unspecified atom stereocenters. The Morgan fingerprint density at radius 2 is 1.52 bits per heavy atom. The molecule has 0 saturated carbocycles. The van der Waals surface area contributed by atoms with Crippen LogP contribution < -0.4 is 0 Å². The predicted molar refractivity (Wildman–Crippen MR) is 86.7 cm³/mol. The van der Waals surface area contributed by atoms with Crippen molar-refractivity contribution in [3.8, 4) is 0 Å². The highest BCUT2D eigenvalue weighted by Crippen LogP contribution is 2.12. The second kappa shape index (κ2) is 9.97. The number of rotatable bonds is 9. The van der Waals surface area contributed by atoms with E-state index in [-0.39, 0.29) is 0 Å². The number of hydrogen-bond acceptors (Lipinski definition) is 4. The number of nitrogens with zero attached hydrogens (tertiary/aromatic N) is 2. The molecule has 0 amide bonds. The minimum absolute atomic E-state index is 0.293. The molecule has 4 heteroatoms. The van der Waals surface area contributed by atoms with E-state index in [1.54, 1.807) is 6.92 Å². The van der Waals surface area contributed by atoms with Gasteiger partial charge in [-0.3, -0.25) is 0 Å². The highest BCUT2D eigenvalue weighted by atomic mass is 16.4. The van der Waals surface area contributed by atoms with E-state index in [4.69, 9.17) is 10.4 Å². The molecule has 116 valence electrons. The zero-order valence-electron chi connectivity index (χ0n) is 13.0. The molecule has 1 rings (SSSR count). The van der Waals surface area contributed by atoms with E-state index in [2.05, 4.69) is 17.2 Å². The molecule has 0 aliphatic rings. The van der Waals surface area contributed by atoms with Crippen molar-refractivity contribution in [2.75, 3.05) is 0 Å². The third-order valence-electron chi connectivity index (χ3n) is 3.64. The topological polar surface area (TPSA) is 65.2 Å². The summed E-state index contributed by atoms with van der Waals surface area (Å²) in [5.41, 5.74) is 2.62. The normalized spacial score (nSPS) is 12.7. The molecule has 2 N–H and O–H groups in total. The molecular formula is C17H26N2O2. The monoisotopic (exact) mass is 290 g/mol. The maximum atomic E-state index is 8.99. The van der Waals surface area contributed by atoms with Gasteiger partial charge >= 0.3 is 0 Å². The quantitative estimate of drug-likeness (QED) is 0.302. The summed E-state index contributed by atoms with van der Waals surface area (Å²) >= 11 is 0. The van der Waals surface area contributed by atoms with Gasteiger partial charge in [0.1, 0.15) is 11.4 Å². The minimum atomic E-state index is 0.293. The largest absolute Gasteiger partial charge is 0.411 e. The van der Waals surface area contributed by atoms with Gasteiger partial charge in [0.15, 0.2) is 0 Å². The van der Waals surface area contributed by atoms with Crippen molar-refractivity contribution in [1.82, 2.24) is 0 Å². The summed E-state index contributed by atoms with van der Waals surface area (Å²) in [7, 11) is 0. The van der Waals surface area contributed by atoms with Crippen LogP contribution >= 0.6 is 0 Å². The Bertz CT molecular complexity index is 464. The summed E-state index contributed by atoms with van der Waals surface area (Å²) in [4.78, 5) is 0. The summed E-state index contributed by atoms with van der Waals surface area (Å²) in [6, 6.07) is 7.88. The van der Waals surface area contributed by atoms with Crippen LogP contribution in [0.5, 0.6) is 0 Å². The second-order valence-corrected chi connectivity index (χ2v) is 5.35. The number of benzene rings is 1. The van der Waals surface area contributed by atoms with Crippen molar-refractivity contribution >= 4 is 11.4 Å². The summed E-state index contributed by atoms with van der Waals surface area (Å²) in [5.74, 6) is 0. The Labute approximate surface area is 127 Å². The van der Waals surface area contributed by atoms with Crippen molar-refractivity contribution in [1.29, 1.82) is 0 Å². The first-order valence-electron chi connectivity index (χ1n) is 7.73. The number of aryl methyl sites for hydroxylation is 1. The lowest BCUT2D eigenvalue weighted by Gasteiger charge is -2.05. The lowest BCUT2D eigenvalue weighted by molar-refractivity contribution is 0.314. The van der Waals surface area contributed by atoms with E-state index in [0.717, 1.165) is 12.0 Å². The van der Waals surface area contributed by atoms with Crippen molar-refractivity contribution in [2.45, 2.75) is 58.8 Å². The van der Waals surface area contributed by atoms with E-state index in [9.17, 15) is 0 Å². The molecular weight excluding hydrogens is 264 g/mol. The van der Waals surface area contributed by atoms with Crippen LogP contribution in [0.3, 0.4) is 0 Å². The van der Waals surface area contributed by atoms with E-state index >= 15 is 0 Å². The Hall–Kier alpha value is -1.84. The summed E-state index contributed by atoms with van der Waals surface area (Å²) in [6.45, 7) is 3.83. The van der Waals surface area contributed by atoms with E-state index in [1.807, 2.05) is 24.3 Å². The third kappa shape index (κ3) is 5.98. The average Bonchev–Trinajstić information content (AvgIpc) is 2.52. The highest BCUT2D eigenvalue weighted by molar-refractivity contribution is 6.47. The summed E-state index contributed by atoms with van der Waals surface area (Å²) < 4.78 is 0. The molecule has 1 aromatic rings. The maximum Gasteiger partial charge on any atom is 0.134 e. The fourth-order valence-electron chi connectivity index (χ4n) is 2.33. The molecule has 21 heavy (non-hydrogen) atoms. The van der Waals surface area contributed by atoms with Crippen molar-refractivity contribution in [2.24, 2.45) is 10.3 Å². The number of hydrogen-bond donors (Lipinski definition) is 2. The van der Waals surface area contributed by atoms with E-state index in [0.29, 0.717) is 11.4 Å². The maximum absolute atomic E-state index is 8.99. The third-order valence-corrected chi connectivity index (χ3v) is 3.64. The zero-order chi connectivity index (χ0) is 15.5. The first kappa shape index (κ1) is 17.2. The Morgan fingerprint density at radius 1 is 0.905 bits per heavy atom. The van der Waals surface area contributed by atoms with Gasteiger partial charge in [-0.15, -0.1) is 0 Å². The SMILES string of the molecule is CCCCCCCCc1ccc(C(=N/O)/C(C)=N/O)cc1. The first-order valence-corrected chi connectivity index (χ1v) is 7.73. The molecule has 0 heterocycles. The number of unbranched alkanes of at least 4 members (excludes halogenated alkanes) is 5. The van der Waals surface area contributed by atoms with Gasteiger partial charge in [0.25, 0.3) is 0 Å². The highest BCUT2D eigenvalue weighted by Gasteiger charge is 2.08. The minimum Gasteiger partial charge on any atom is -0.411 e. The van der Waals surface area contributed by atoms with Crippen LogP contribution in [0.1, 0.15) is 63.5 Å². The Kier molecular flexibility index (Phi) is 8.17. The van der Waals surface area contributed by atoms with Crippen LogP contribution in [-0.4, -0.2) is 21.8 Å². The van der Waals surface area contributed by atoms with Gasteiger partial charge in [-0.1, -0.05) is 73.6 Å². The van der Waals surface area contributed by atoms with Crippen molar-refractivity contribution in [3.63, 3.8) is 0 Å². The van der Waals surface area contributed by atoms with Crippen LogP contribution in [-0.2, 0) is 6.42 Å². The Balaban J connectivity index is 2.47. The molecule has 0 aliphatic heterocycles. The van der Waals surface area contributed by atoms with Gasteiger partial charge in [0.05, 0.1) is 0 Å². The zero-order valence-corrected chi connectivity index (χ0v) is 13.0. The van der Waals surface area contributed by atoms with Crippen LogP contribution in [0, 0.1) is 0 Å². The van der Waals surface area contributed by atoms with Crippen molar-refractivity contribution < 1.29 is 10.4 Å². The van der Waals surface area contributed by atoms with Gasteiger partial charge in [-0.2, -0.15) is 0 Å². The lowest BCUT2D eigenvalue weighted by Crippen LogP contribution is -2.12. The molecule has 4 nitrogen and oxygen atoms in total. The van der Waals surface area contributed by atoms with Gasteiger partial charge in [-0.25, -0.2) is 0 Å². The van der Waals surface area contributed by atoms with Gasteiger partial charge in [-0.05, 0) is 25.3 Å². The second-order valence-electron chi connectivity index (χ2n) is 5.35. The molecule has 0 saturated heterocycles. The molecule has 0 fully saturated rings. The van der Waals surface area contributed by atoms with Crippen LogP contribution in [0.4, 0.5) is 0 Å². The molecule has 0 radical (unpaired) electrons. The van der Waals surface area contributed by atoms with Crippen LogP contribution in [0.25, 0.3) is 0 Å². The fraction of sp³-hybridized carbons (Fsp3) is 0.529. The standard InChI is InChI=1S/C17H26N2O2/c1-3-4-5-6-7-8-9-15-10-12-16(13-11-15)17(19-21)14(2)18-20/h10-13,20-21H,3-9H2,1-2H3/b18-14+,19-17+. The van der Waals surface area contributed by atoms with Crippen LogP contribution in [0.15, 0.2) is 34.6 Å². The van der Waals surface area contributed by atoms with Crippen LogP contribution in [0.2, 0.25) is 0 Å². The molecule has 1 aromatic carbocycles. The number of oxime groups is 2. The molecule has 0 bridgehead atoms. The van der Waals surface area contributed by atoms with Gasteiger partial charge < -0.3 is 10.4 Å². The summed E-state index contributed by atoms with van der Waals surface area (Å²) in [5, 5.41) is 24.0. The van der Waals surface area contributed by atoms with E-state index < -0.39 is 0 Å². The molecule has 0 spiro atoms. The lowest BCUT2D eigenvalue weighted by atomic mass is 10.0. The molecule has 0 aromatic heterocycles. The average molecular weight is 290 g/mol. The smallest absolute Gasteiger partial charge is 0.134 e. The van der Waals surface area contributed by atoms with Gasteiger partial charge in [0.2, 0.25) is 0 Å². The van der Waals surface area contributed by atoms with Crippen molar-refractivity contribution in [3.05, 3.63) is 35.4 Å². The fourth-order valence-corrected chi connectivity index (χ4v) is 2.33. The van der Waals surface area contributed by atoms with Gasteiger partial charge in [0, 0.05) is 5.56 Å². The molecule has 0 aliphatic carbocycles. The van der Waals surface area contributed by atoms with E-state index in [1.165, 1.54) is 44.1 Å². The summed E-state index contributed by atoms with van der Waals surface area (Å²) in [6.07, 6.45) is 8.84. The predicted octanol–water partition coefficient (Wildman–Crippen LogP) is 4.62. The molecule has 0 atom stereocenters.